The molecule has 2 amide bonds. The number of benzene rings is 1. The normalized spacial score (nSPS) is 11.2. The molecule has 0 aromatic heterocycles. The van der Waals surface area contributed by atoms with Gasteiger partial charge in [0.2, 0.25) is 0 Å². The Kier molecular flexibility index (Phi) is 5.95. The Morgan fingerprint density at radius 1 is 1.53 bits per heavy atom. The maximum Gasteiger partial charge on any atom is 0.319 e. The highest BCUT2D eigenvalue weighted by Gasteiger charge is 2.07. The third-order valence-corrected chi connectivity index (χ3v) is 2.75. The highest BCUT2D eigenvalue weighted by molar-refractivity contribution is 6.34. The summed E-state index contributed by atoms with van der Waals surface area (Å²) in [4.78, 5) is 11.5. The number of carbonyl (C=O) groups is 1. The van der Waals surface area contributed by atoms with Crippen LogP contribution in [0, 0.1) is 0 Å². The summed E-state index contributed by atoms with van der Waals surface area (Å²) in [6, 6.07) is 4.39. The van der Waals surface area contributed by atoms with Crippen LogP contribution in [0.5, 0.6) is 0 Å². The van der Waals surface area contributed by atoms with Crippen molar-refractivity contribution in [1.29, 1.82) is 0 Å². The predicted octanol–water partition coefficient (Wildman–Crippen LogP) is 2.36. The zero-order valence-corrected chi connectivity index (χ0v) is 11.4. The van der Waals surface area contributed by atoms with Crippen LogP contribution in [-0.4, -0.2) is 23.6 Å². The second-order valence-electron chi connectivity index (χ2n) is 3.91. The van der Waals surface area contributed by atoms with Crippen molar-refractivity contribution in [2.75, 3.05) is 11.9 Å². The number of amidine groups is 1. The lowest BCUT2D eigenvalue weighted by Gasteiger charge is -2.09. The number of amides is 2. The van der Waals surface area contributed by atoms with Crippen molar-refractivity contribution in [3.8, 4) is 0 Å². The molecule has 0 aliphatic carbocycles. The molecule has 1 aromatic rings. The number of rotatable bonds is 5. The zero-order valence-electron chi connectivity index (χ0n) is 10.6. The minimum atomic E-state index is -0.313. The molecule has 0 bridgehead atoms. The van der Waals surface area contributed by atoms with Gasteiger partial charge in [-0.05, 0) is 24.6 Å². The van der Waals surface area contributed by atoms with Gasteiger partial charge in [0.25, 0.3) is 0 Å². The zero-order chi connectivity index (χ0) is 14.3. The van der Waals surface area contributed by atoms with Crippen molar-refractivity contribution in [2.24, 2.45) is 10.9 Å². The molecule has 19 heavy (non-hydrogen) atoms. The van der Waals surface area contributed by atoms with Gasteiger partial charge >= 0.3 is 6.03 Å². The molecule has 0 aliphatic heterocycles. The maximum atomic E-state index is 11.5. The Hall–Kier alpha value is -1.95. The molecule has 0 saturated carbocycles. The van der Waals surface area contributed by atoms with Crippen LogP contribution >= 0.6 is 11.6 Å². The number of oxime groups is 1. The summed E-state index contributed by atoms with van der Waals surface area (Å²) < 4.78 is 0. The van der Waals surface area contributed by atoms with E-state index in [0.717, 1.165) is 12.8 Å². The molecule has 0 spiro atoms. The largest absolute Gasteiger partial charge is 0.409 e. The fourth-order valence-electron chi connectivity index (χ4n) is 1.38. The minimum Gasteiger partial charge on any atom is -0.409 e. The van der Waals surface area contributed by atoms with Gasteiger partial charge < -0.3 is 21.6 Å². The summed E-state index contributed by atoms with van der Waals surface area (Å²) in [5, 5.41) is 17.1. The van der Waals surface area contributed by atoms with Crippen LogP contribution < -0.4 is 16.4 Å². The second kappa shape index (κ2) is 7.48. The number of nitrogens with zero attached hydrogens (tertiary/aromatic N) is 1. The van der Waals surface area contributed by atoms with Crippen LogP contribution in [0.15, 0.2) is 23.4 Å². The highest BCUT2D eigenvalue weighted by Crippen LogP contribution is 2.22. The van der Waals surface area contributed by atoms with Crippen molar-refractivity contribution in [1.82, 2.24) is 5.32 Å². The van der Waals surface area contributed by atoms with Crippen LogP contribution in [0.2, 0.25) is 5.02 Å². The van der Waals surface area contributed by atoms with Gasteiger partial charge in [0.15, 0.2) is 5.84 Å². The second-order valence-corrected chi connectivity index (χ2v) is 4.32. The number of urea groups is 1. The molecule has 0 fully saturated rings. The molecule has 0 heterocycles. The first-order chi connectivity index (χ1) is 9.08. The molecule has 5 N–H and O–H groups in total. The first-order valence-corrected chi connectivity index (χ1v) is 6.28. The van der Waals surface area contributed by atoms with Crippen LogP contribution in [0.3, 0.4) is 0 Å². The number of nitrogens with one attached hydrogen (secondary N) is 2. The third kappa shape index (κ3) is 4.67. The summed E-state index contributed by atoms with van der Waals surface area (Å²) in [6.45, 7) is 2.66. The standard InChI is InChI=1S/C12H17ClN4O2/c1-2-3-6-15-12(18)16-10-5-4-8(7-9(10)13)11(14)17-19/h4-5,7,19H,2-3,6H2,1H3,(H2,14,17)(H2,15,16,18). The van der Waals surface area contributed by atoms with Crippen LogP contribution in [0.4, 0.5) is 10.5 Å². The molecule has 1 rings (SSSR count). The molecular formula is C12H17ClN4O2. The van der Waals surface area contributed by atoms with E-state index < -0.39 is 0 Å². The minimum absolute atomic E-state index is 0.0409. The van der Waals surface area contributed by atoms with E-state index in [1.165, 1.54) is 6.07 Å². The Balaban J connectivity index is 2.67. The van der Waals surface area contributed by atoms with Crippen LogP contribution in [-0.2, 0) is 0 Å². The lowest BCUT2D eigenvalue weighted by atomic mass is 10.2. The fourth-order valence-corrected chi connectivity index (χ4v) is 1.61. The van der Waals surface area contributed by atoms with Gasteiger partial charge in [-0.25, -0.2) is 4.79 Å². The molecular weight excluding hydrogens is 268 g/mol. The van der Waals surface area contributed by atoms with E-state index in [1.54, 1.807) is 12.1 Å². The number of carbonyl (C=O) groups excluding carboxylic acids is 1. The molecule has 1 aromatic carbocycles. The summed E-state index contributed by atoms with van der Waals surface area (Å²) in [7, 11) is 0. The lowest BCUT2D eigenvalue weighted by Crippen LogP contribution is -2.29. The number of hydrogen-bond acceptors (Lipinski definition) is 3. The Morgan fingerprint density at radius 2 is 2.26 bits per heavy atom. The Morgan fingerprint density at radius 3 is 2.84 bits per heavy atom. The number of unbranched alkanes of at least 4 members (excludes halogenated alkanes) is 1. The molecule has 0 unspecified atom stereocenters. The van der Waals surface area contributed by atoms with Gasteiger partial charge in [0.1, 0.15) is 0 Å². The number of halogens is 1. The molecule has 0 atom stereocenters. The molecule has 0 saturated heterocycles. The smallest absolute Gasteiger partial charge is 0.319 e. The van der Waals surface area contributed by atoms with E-state index in [0.29, 0.717) is 22.8 Å². The SMILES string of the molecule is CCCCNC(=O)Nc1ccc(/C(N)=N/O)cc1Cl. The maximum absolute atomic E-state index is 11.5. The average molecular weight is 285 g/mol. The highest BCUT2D eigenvalue weighted by atomic mass is 35.5. The first-order valence-electron chi connectivity index (χ1n) is 5.90. The summed E-state index contributed by atoms with van der Waals surface area (Å²) >= 11 is 6.00. The van der Waals surface area contributed by atoms with E-state index in [-0.39, 0.29) is 11.9 Å². The molecule has 0 radical (unpaired) electrons. The summed E-state index contributed by atoms with van der Waals surface area (Å²) in [5.74, 6) is -0.0409. The quantitative estimate of drug-likeness (QED) is 0.219. The monoisotopic (exact) mass is 284 g/mol. The van der Waals surface area contributed by atoms with Gasteiger partial charge in [-0.1, -0.05) is 30.1 Å². The van der Waals surface area contributed by atoms with Gasteiger partial charge in [-0.15, -0.1) is 0 Å². The van der Waals surface area contributed by atoms with E-state index >= 15 is 0 Å². The van der Waals surface area contributed by atoms with Crippen molar-refractivity contribution in [3.63, 3.8) is 0 Å². The topological polar surface area (TPSA) is 99.7 Å². The number of anilines is 1. The van der Waals surface area contributed by atoms with E-state index in [2.05, 4.69) is 15.8 Å². The van der Waals surface area contributed by atoms with Crippen LogP contribution in [0.25, 0.3) is 0 Å². The van der Waals surface area contributed by atoms with E-state index in [9.17, 15) is 4.79 Å². The summed E-state index contributed by atoms with van der Waals surface area (Å²) in [6.07, 6.45) is 1.93. The first kappa shape index (κ1) is 15.1. The number of nitrogens with two attached hydrogens (primary N) is 1. The molecule has 6 nitrogen and oxygen atoms in total. The van der Waals surface area contributed by atoms with Gasteiger partial charge in [0.05, 0.1) is 10.7 Å². The van der Waals surface area contributed by atoms with Crippen molar-refractivity contribution in [3.05, 3.63) is 28.8 Å². The molecule has 7 heteroatoms. The third-order valence-electron chi connectivity index (χ3n) is 2.44. The summed E-state index contributed by atoms with van der Waals surface area (Å²) in [5.41, 5.74) is 6.38. The number of hydrogen-bond donors (Lipinski definition) is 4. The van der Waals surface area contributed by atoms with E-state index in [1.807, 2.05) is 6.92 Å². The van der Waals surface area contributed by atoms with Crippen molar-refractivity contribution >= 4 is 29.2 Å². The van der Waals surface area contributed by atoms with Crippen molar-refractivity contribution < 1.29 is 10.0 Å². The predicted molar refractivity (Wildman–Crippen MR) is 75.9 cm³/mol. The molecule has 0 aliphatic rings. The van der Waals surface area contributed by atoms with Crippen molar-refractivity contribution in [2.45, 2.75) is 19.8 Å². The Bertz CT molecular complexity index is 477. The Labute approximate surface area is 116 Å². The van der Waals surface area contributed by atoms with Gasteiger partial charge in [-0.2, -0.15) is 0 Å². The van der Waals surface area contributed by atoms with Crippen LogP contribution in [0.1, 0.15) is 25.3 Å². The van der Waals surface area contributed by atoms with Gasteiger partial charge in [-0.3, -0.25) is 0 Å². The fraction of sp³-hybridized carbons (Fsp3) is 0.333. The van der Waals surface area contributed by atoms with E-state index in [4.69, 9.17) is 22.5 Å². The van der Waals surface area contributed by atoms with Gasteiger partial charge in [0, 0.05) is 12.1 Å². The average Bonchev–Trinajstić information content (AvgIpc) is 2.40. The lowest BCUT2D eigenvalue weighted by molar-refractivity contribution is 0.252. The molecule has 104 valence electrons.